The van der Waals surface area contributed by atoms with Gasteiger partial charge in [-0.3, -0.25) is 0 Å². The van der Waals surface area contributed by atoms with Crippen LogP contribution in [0.1, 0.15) is 46.1 Å². The van der Waals surface area contributed by atoms with E-state index in [4.69, 9.17) is 4.74 Å². The molecule has 0 spiro atoms. The lowest BCUT2D eigenvalue weighted by Crippen LogP contribution is -2.41. The van der Waals surface area contributed by atoms with Crippen LogP contribution in [0.4, 0.5) is 0 Å². The molecule has 4 heteroatoms. The lowest BCUT2D eigenvalue weighted by molar-refractivity contribution is -0.0498. The third kappa shape index (κ3) is 3.05. The fourth-order valence-electron chi connectivity index (χ4n) is 2.96. The highest BCUT2D eigenvalue weighted by Crippen LogP contribution is 2.42. The van der Waals surface area contributed by atoms with Gasteiger partial charge in [0.2, 0.25) is 0 Å². The second kappa shape index (κ2) is 5.34. The zero-order valence-corrected chi connectivity index (χ0v) is 13.0. The van der Waals surface area contributed by atoms with Gasteiger partial charge in [0.15, 0.2) is 0 Å². The fraction of sp³-hybridized carbons (Fsp3) is 0.588. The summed E-state index contributed by atoms with van der Waals surface area (Å²) in [6.07, 6.45) is 6.51. The molecule has 0 saturated heterocycles. The summed E-state index contributed by atoms with van der Waals surface area (Å²) >= 11 is 0. The van der Waals surface area contributed by atoms with Crippen molar-refractivity contribution in [1.29, 1.82) is 0 Å². The average Bonchev–Trinajstić information content (AvgIpc) is 2.78. The first-order valence-corrected chi connectivity index (χ1v) is 7.76. The summed E-state index contributed by atoms with van der Waals surface area (Å²) < 4.78 is 7.93. The predicted octanol–water partition coefficient (Wildman–Crippen LogP) is 3.55. The number of aromatic nitrogens is 2. The van der Waals surface area contributed by atoms with Crippen molar-refractivity contribution in [3.05, 3.63) is 24.5 Å². The topological polar surface area (TPSA) is 47.3 Å². The van der Waals surface area contributed by atoms with Gasteiger partial charge < -0.3 is 14.4 Å². The standard InChI is InChI=1S/C17H24N2O2/c1-12(2)5-7-21-15-8-13-4-6-19(16(13)18-11-15)14-9-17(3,20)10-14/h4,6,8,11-12,14,20H,5,7,9-10H2,1-3H3/t14-,17+. The molecule has 1 aliphatic carbocycles. The number of hydrogen-bond donors (Lipinski definition) is 1. The third-order valence-electron chi connectivity index (χ3n) is 4.24. The van der Waals surface area contributed by atoms with Crippen molar-refractivity contribution in [3.8, 4) is 5.75 Å². The molecule has 3 rings (SSSR count). The maximum Gasteiger partial charge on any atom is 0.140 e. The number of rotatable bonds is 5. The van der Waals surface area contributed by atoms with E-state index in [1.165, 1.54) is 0 Å². The maximum atomic E-state index is 9.89. The Hall–Kier alpha value is -1.55. The molecule has 0 amide bonds. The Kier molecular flexibility index (Phi) is 3.66. The summed E-state index contributed by atoms with van der Waals surface area (Å²) in [6, 6.07) is 4.48. The number of pyridine rings is 1. The lowest BCUT2D eigenvalue weighted by atomic mass is 9.77. The van der Waals surface area contributed by atoms with Crippen LogP contribution < -0.4 is 4.74 Å². The first-order chi connectivity index (χ1) is 9.94. The van der Waals surface area contributed by atoms with Crippen molar-refractivity contribution >= 4 is 11.0 Å². The molecule has 0 aromatic carbocycles. The van der Waals surface area contributed by atoms with Crippen molar-refractivity contribution < 1.29 is 9.84 Å². The summed E-state index contributed by atoms with van der Waals surface area (Å²) in [6.45, 7) is 7.01. The Morgan fingerprint density at radius 2 is 2.24 bits per heavy atom. The van der Waals surface area contributed by atoms with Gasteiger partial charge in [-0.1, -0.05) is 13.8 Å². The minimum Gasteiger partial charge on any atom is -0.492 e. The highest BCUT2D eigenvalue weighted by atomic mass is 16.5. The second-order valence-electron chi connectivity index (χ2n) is 6.90. The molecule has 0 unspecified atom stereocenters. The van der Waals surface area contributed by atoms with E-state index < -0.39 is 5.60 Å². The summed E-state index contributed by atoms with van der Waals surface area (Å²) in [4.78, 5) is 4.55. The van der Waals surface area contributed by atoms with E-state index in [9.17, 15) is 5.11 Å². The van der Waals surface area contributed by atoms with Gasteiger partial charge in [-0.15, -0.1) is 0 Å². The van der Waals surface area contributed by atoms with E-state index in [0.717, 1.165) is 42.7 Å². The van der Waals surface area contributed by atoms with Crippen molar-refractivity contribution in [2.24, 2.45) is 5.92 Å². The monoisotopic (exact) mass is 288 g/mol. The highest BCUT2D eigenvalue weighted by molar-refractivity contribution is 5.77. The molecule has 1 saturated carbocycles. The molecule has 0 atom stereocenters. The van der Waals surface area contributed by atoms with Crippen LogP contribution in [0.3, 0.4) is 0 Å². The van der Waals surface area contributed by atoms with Gasteiger partial charge in [0.25, 0.3) is 0 Å². The first-order valence-electron chi connectivity index (χ1n) is 7.76. The van der Waals surface area contributed by atoms with Crippen LogP contribution in [0.15, 0.2) is 24.5 Å². The molecule has 114 valence electrons. The molecular formula is C17H24N2O2. The highest BCUT2D eigenvalue weighted by Gasteiger charge is 2.39. The Balaban J connectivity index is 1.72. The SMILES string of the molecule is CC(C)CCOc1cnc2c(ccn2[C@H]2C[C@@](C)(O)C2)c1. The fourth-order valence-corrected chi connectivity index (χ4v) is 2.96. The molecule has 2 aromatic heterocycles. The Bertz CT molecular complexity index is 623. The Labute approximate surface area is 125 Å². The van der Waals surface area contributed by atoms with Gasteiger partial charge in [0.1, 0.15) is 11.4 Å². The zero-order valence-electron chi connectivity index (χ0n) is 13.0. The van der Waals surface area contributed by atoms with Crippen LogP contribution in [0.5, 0.6) is 5.75 Å². The van der Waals surface area contributed by atoms with E-state index in [1.54, 1.807) is 6.20 Å². The molecule has 1 aliphatic rings. The smallest absolute Gasteiger partial charge is 0.140 e. The zero-order chi connectivity index (χ0) is 15.0. The van der Waals surface area contributed by atoms with Crippen LogP contribution in [0.25, 0.3) is 11.0 Å². The van der Waals surface area contributed by atoms with E-state index in [0.29, 0.717) is 12.0 Å². The van der Waals surface area contributed by atoms with Crippen molar-refractivity contribution in [2.45, 2.75) is 51.7 Å². The predicted molar refractivity (Wildman–Crippen MR) is 83.6 cm³/mol. The molecule has 1 N–H and O–H groups in total. The average molecular weight is 288 g/mol. The van der Waals surface area contributed by atoms with E-state index in [1.807, 2.05) is 6.92 Å². The van der Waals surface area contributed by atoms with E-state index >= 15 is 0 Å². The third-order valence-corrected chi connectivity index (χ3v) is 4.24. The minimum absolute atomic E-state index is 0.359. The molecule has 0 aliphatic heterocycles. The van der Waals surface area contributed by atoms with Crippen LogP contribution in [0.2, 0.25) is 0 Å². The molecule has 4 nitrogen and oxygen atoms in total. The van der Waals surface area contributed by atoms with Crippen LogP contribution in [-0.4, -0.2) is 26.9 Å². The number of fused-ring (bicyclic) bond motifs is 1. The molecule has 21 heavy (non-hydrogen) atoms. The van der Waals surface area contributed by atoms with E-state index in [2.05, 4.69) is 41.7 Å². The lowest BCUT2D eigenvalue weighted by Gasteiger charge is -2.41. The van der Waals surface area contributed by atoms with Gasteiger partial charge in [-0.05, 0) is 44.2 Å². The van der Waals surface area contributed by atoms with Gasteiger partial charge in [0.05, 0.1) is 18.4 Å². The second-order valence-corrected chi connectivity index (χ2v) is 6.90. The molecule has 2 aromatic rings. The Morgan fingerprint density at radius 3 is 2.90 bits per heavy atom. The summed E-state index contributed by atoms with van der Waals surface area (Å²) in [5.41, 5.74) is 0.466. The Morgan fingerprint density at radius 1 is 1.48 bits per heavy atom. The van der Waals surface area contributed by atoms with E-state index in [-0.39, 0.29) is 0 Å². The van der Waals surface area contributed by atoms with Gasteiger partial charge in [-0.25, -0.2) is 4.98 Å². The van der Waals surface area contributed by atoms with Crippen molar-refractivity contribution in [1.82, 2.24) is 9.55 Å². The maximum absolute atomic E-state index is 9.89. The molecule has 0 bridgehead atoms. The molecule has 0 radical (unpaired) electrons. The summed E-state index contributed by atoms with van der Waals surface area (Å²) in [7, 11) is 0. The first kappa shape index (κ1) is 14.4. The quantitative estimate of drug-likeness (QED) is 0.915. The van der Waals surface area contributed by atoms with Gasteiger partial charge >= 0.3 is 0 Å². The molecule has 2 heterocycles. The minimum atomic E-state index is -0.513. The number of aliphatic hydroxyl groups is 1. The van der Waals surface area contributed by atoms with Gasteiger partial charge in [-0.2, -0.15) is 0 Å². The number of nitrogens with zero attached hydrogens (tertiary/aromatic N) is 2. The molecular weight excluding hydrogens is 264 g/mol. The number of hydrogen-bond acceptors (Lipinski definition) is 3. The van der Waals surface area contributed by atoms with Crippen molar-refractivity contribution in [3.63, 3.8) is 0 Å². The molecule has 1 fully saturated rings. The van der Waals surface area contributed by atoms with Crippen LogP contribution >= 0.6 is 0 Å². The number of ether oxygens (including phenoxy) is 1. The van der Waals surface area contributed by atoms with Gasteiger partial charge in [0, 0.05) is 17.6 Å². The van der Waals surface area contributed by atoms with Crippen LogP contribution in [-0.2, 0) is 0 Å². The largest absolute Gasteiger partial charge is 0.492 e. The van der Waals surface area contributed by atoms with Crippen LogP contribution in [0, 0.1) is 5.92 Å². The van der Waals surface area contributed by atoms with Crippen molar-refractivity contribution in [2.75, 3.05) is 6.61 Å². The summed E-state index contributed by atoms with van der Waals surface area (Å²) in [5, 5.41) is 11.0. The normalized spacial score (nSPS) is 25.3. The summed E-state index contributed by atoms with van der Waals surface area (Å²) in [5.74, 6) is 1.48.